The predicted molar refractivity (Wildman–Crippen MR) is 87.8 cm³/mol. The zero-order valence-electron chi connectivity index (χ0n) is 13.0. The van der Waals surface area contributed by atoms with Gasteiger partial charge >= 0.3 is 0 Å². The van der Waals surface area contributed by atoms with Crippen LogP contribution in [0.2, 0.25) is 0 Å². The maximum atomic E-state index is 11.2. The van der Waals surface area contributed by atoms with E-state index in [0.29, 0.717) is 12.2 Å². The van der Waals surface area contributed by atoms with Crippen molar-refractivity contribution >= 4 is 5.91 Å². The molecular weight excluding hydrogens is 276 g/mol. The van der Waals surface area contributed by atoms with E-state index in [0.717, 1.165) is 17.7 Å². The van der Waals surface area contributed by atoms with Gasteiger partial charge in [0, 0.05) is 12.1 Å². The van der Waals surface area contributed by atoms with E-state index >= 15 is 0 Å². The maximum Gasteiger partial charge on any atom is 0.248 e. The first kappa shape index (κ1) is 16.2. The number of primary amides is 1. The number of carbonyl (C=O) groups is 1. The highest BCUT2D eigenvalue weighted by molar-refractivity contribution is 5.92. The zero-order valence-corrected chi connectivity index (χ0v) is 13.0. The molecule has 1 unspecified atom stereocenters. The number of hydrogen-bond acceptors (Lipinski definition) is 3. The summed E-state index contributed by atoms with van der Waals surface area (Å²) in [5.41, 5.74) is 7.89. The van der Waals surface area contributed by atoms with Gasteiger partial charge in [0.05, 0.1) is 6.61 Å². The molecule has 0 aliphatic heterocycles. The van der Waals surface area contributed by atoms with Crippen molar-refractivity contribution < 1.29 is 9.53 Å². The van der Waals surface area contributed by atoms with Crippen LogP contribution in [-0.2, 0) is 4.74 Å². The number of amides is 1. The monoisotopic (exact) mass is 298 g/mol. The number of rotatable bonds is 7. The summed E-state index contributed by atoms with van der Waals surface area (Å²) in [4.78, 5) is 13.3. The molecule has 1 amide bonds. The lowest BCUT2D eigenvalue weighted by atomic mass is 10.00. The molecule has 0 bridgehead atoms. The van der Waals surface area contributed by atoms with E-state index in [-0.39, 0.29) is 6.10 Å². The summed E-state index contributed by atoms with van der Waals surface area (Å²) < 4.78 is 6.07. The van der Waals surface area contributed by atoms with Crippen LogP contribution in [0.5, 0.6) is 0 Å². The SMILES string of the molecule is CN(C)CCOC(c1ccccc1)c1ccc(C(N)=O)cc1. The Balaban J connectivity index is 2.21. The van der Waals surface area contributed by atoms with Gasteiger partial charge in [-0.3, -0.25) is 4.79 Å². The average Bonchev–Trinajstić information content (AvgIpc) is 2.52. The molecule has 0 radical (unpaired) electrons. The Bertz CT molecular complexity index is 594. The van der Waals surface area contributed by atoms with Gasteiger partial charge in [0.15, 0.2) is 0 Å². The standard InChI is InChI=1S/C18H22N2O2/c1-20(2)12-13-22-17(14-6-4-3-5-7-14)15-8-10-16(11-9-15)18(19)21/h3-11,17H,12-13H2,1-2H3,(H2,19,21). The fourth-order valence-corrected chi connectivity index (χ4v) is 2.19. The van der Waals surface area contributed by atoms with Crippen molar-refractivity contribution in [3.63, 3.8) is 0 Å². The molecule has 116 valence electrons. The largest absolute Gasteiger partial charge is 0.367 e. The normalized spacial score (nSPS) is 12.3. The minimum absolute atomic E-state index is 0.150. The topological polar surface area (TPSA) is 55.6 Å². The molecule has 2 aromatic carbocycles. The molecule has 22 heavy (non-hydrogen) atoms. The van der Waals surface area contributed by atoms with Crippen molar-refractivity contribution in [2.24, 2.45) is 5.73 Å². The van der Waals surface area contributed by atoms with Gasteiger partial charge in [0.2, 0.25) is 5.91 Å². The fourth-order valence-electron chi connectivity index (χ4n) is 2.19. The minimum atomic E-state index is -0.420. The van der Waals surface area contributed by atoms with Gasteiger partial charge in [-0.1, -0.05) is 42.5 Å². The third kappa shape index (κ3) is 4.41. The average molecular weight is 298 g/mol. The first-order chi connectivity index (χ1) is 10.6. The summed E-state index contributed by atoms with van der Waals surface area (Å²) in [5, 5.41) is 0. The third-order valence-electron chi connectivity index (χ3n) is 3.42. The smallest absolute Gasteiger partial charge is 0.248 e. The molecule has 0 fully saturated rings. The molecule has 0 aliphatic rings. The maximum absolute atomic E-state index is 11.2. The molecule has 4 heteroatoms. The van der Waals surface area contributed by atoms with Crippen molar-refractivity contribution in [2.75, 3.05) is 27.2 Å². The Morgan fingerprint density at radius 3 is 2.18 bits per heavy atom. The van der Waals surface area contributed by atoms with Crippen molar-refractivity contribution in [3.05, 3.63) is 71.3 Å². The number of likely N-dealkylation sites (N-methyl/N-ethyl adjacent to an activating group) is 1. The molecule has 0 saturated carbocycles. The van der Waals surface area contributed by atoms with Crippen LogP contribution in [0, 0.1) is 0 Å². The van der Waals surface area contributed by atoms with Gasteiger partial charge in [-0.2, -0.15) is 0 Å². The Morgan fingerprint density at radius 1 is 1.05 bits per heavy atom. The van der Waals surface area contributed by atoms with E-state index < -0.39 is 5.91 Å². The second-order valence-electron chi connectivity index (χ2n) is 5.45. The highest BCUT2D eigenvalue weighted by Gasteiger charge is 2.15. The first-order valence-electron chi connectivity index (χ1n) is 7.29. The Labute approximate surface area is 131 Å². The van der Waals surface area contributed by atoms with Crippen LogP contribution >= 0.6 is 0 Å². The molecule has 4 nitrogen and oxygen atoms in total. The number of hydrogen-bond donors (Lipinski definition) is 1. The highest BCUT2D eigenvalue weighted by Crippen LogP contribution is 2.26. The van der Waals surface area contributed by atoms with Crippen LogP contribution in [0.4, 0.5) is 0 Å². The molecular formula is C18H22N2O2. The second-order valence-corrected chi connectivity index (χ2v) is 5.45. The van der Waals surface area contributed by atoms with E-state index in [1.165, 1.54) is 0 Å². The summed E-state index contributed by atoms with van der Waals surface area (Å²) in [6, 6.07) is 17.3. The van der Waals surface area contributed by atoms with Crippen LogP contribution in [0.3, 0.4) is 0 Å². The summed E-state index contributed by atoms with van der Waals surface area (Å²) in [7, 11) is 4.03. The van der Waals surface area contributed by atoms with Crippen molar-refractivity contribution in [1.82, 2.24) is 4.90 Å². The highest BCUT2D eigenvalue weighted by atomic mass is 16.5. The van der Waals surface area contributed by atoms with E-state index in [9.17, 15) is 4.79 Å². The predicted octanol–water partition coefficient (Wildman–Crippen LogP) is 2.45. The zero-order chi connectivity index (χ0) is 15.9. The van der Waals surface area contributed by atoms with E-state index in [1.54, 1.807) is 12.1 Å². The lowest BCUT2D eigenvalue weighted by Gasteiger charge is -2.20. The van der Waals surface area contributed by atoms with Gasteiger partial charge in [0.25, 0.3) is 0 Å². The lowest BCUT2D eigenvalue weighted by Crippen LogP contribution is -2.20. The summed E-state index contributed by atoms with van der Waals surface area (Å²) in [5.74, 6) is -0.420. The van der Waals surface area contributed by atoms with Crippen molar-refractivity contribution in [1.29, 1.82) is 0 Å². The summed E-state index contributed by atoms with van der Waals surface area (Å²) in [6.45, 7) is 1.48. The van der Waals surface area contributed by atoms with E-state index in [1.807, 2.05) is 56.6 Å². The number of carbonyl (C=O) groups excluding carboxylic acids is 1. The van der Waals surface area contributed by atoms with Crippen molar-refractivity contribution in [3.8, 4) is 0 Å². The van der Waals surface area contributed by atoms with Crippen LogP contribution in [0.25, 0.3) is 0 Å². The third-order valence-corrected chi connectivity index (χ3v) is 3.42. The molecule has 0 spiro atoms. The molecule has 2 rings (SSSR count). The number of ether oxygens (including phenoxy) is 1. The summed E-state index contributed by atoms with van der Waals surface area (Å²) >= 11 is 0. The Kier molecular flexibility index (Phi) is 5.69. The number of nitrogens with two attached hydrogens (primary N) is 1. The molecule has 0 aromatic heterocycles. The van der Waals surface area contributed by atoms with Gasteiger partial charge in [0.1, 0.15) is 6.10 Å². The molecule has 0 aliphatic carbocycles. The van der Waals surface area contributed by atoms with Gasteiger partial charge < -0.3 is 15.4 Å². The molecule has 2 N–H and O–H groups in total. The number of nitrogens with zero attached hydrogens (tertiary/aromatic N) is 1. The second kappa shape index (κ2) is 7.73. The Hall–Kier alpha value is -2.17. The van der Waals surface area contributed by atoms with Gasteiger partial charge in [-0.15, -0.1) is 0 Å². The van der Waals surface area contributed by atoms with Gasteiger partial charge in [-0.25, -0.2) is 0 Å². The van der Waals surface area contributed by atoms with Gasteiger partial charge in [-0.05, 0) is 37.4 Å². The van der Waals surface area contributed by atoms with Crippen LogP contribution in [0.15, 0.2) is 54.6 Å². The van der Waals surface area contributed by atoms with E-state index in [2.05, 4.69) is 4.90 Å². The summed E-state index contributed by atoms with van der Waals surface area (Å²) in [6.07, 6.45) is -0.150. The van der Waals surface area contributed by atoms with Crippen molar-refractivity contribution in [2.45, 2.75) is 6.10 Å². The number of benzene rings is 2. The fraction of sp³-hybridized carbons (Fsp3) is 0.278. The van der Waals surface area contributed by atoms with E-state index in [4.69, 9.17) is 10.5 Å². The Morgan fingerprint density at radius 2 is 1.64 bits per heavy atom. The lowest BCUT2D eigenvalue weighted by molar-refractivity contribution is 0.0687. The minimum Gasteiger partial charge on any atom is -0.367 e. The van der Waals surface area contributed by atoms with Crippen LogP contribution in [-0.4, -0.2) is 38.1 Å². The molecule has 0 saturated heterocycles. The molecule has 2 aromatic rings. The first-order valence-corrected chi connectivity index (χ1v) is 7.29. The van der Waals surface area contributed by atoms with Crippen LogP contribution < -0.4 is 5.73 Å². The molecule has 0 heterocycles. The quantitative estimate of drug-likeness (QED) is 0.854. The van der Waals surface area contributed by atoms with Crippen LogP contribution in [0.1, 0.15) is 27.6 Å². The molecule has 1 atom stereocenters.